The molecule has 0 radical (unpaired) electrons. The van der Waals surface area contributed by atoms with E-state index in [-0.39, 0.29) is 17.7 Å². The molecule has 1 saturated heterocycles. The Morgan fingerprint density at radius 3 is 2.33 bits per heavy atom. The molecule has 1 heterocycles. The average molecular weight is 233 g/mol. The van der Waals surface area contributed by atoms with Crippen LogP contribution in [0.3, 0.4) is 0 Å². The molecule has 1 aromatic rings. The second kappa shape index (κ2) is 3.53. The van der Waals surface area contributed by atoms with Gasteiger partial charge in [0.15, 0.2) is 0 Å². The molecule has 0 saturated carbocycles. The molecule has 1 N–H and O–H groups in total. The van der Waals surface area contributed by atoms with E-state index in [0.717, 1.165) is 12.1 Å². The average Bonchev–Trinajstić information content (AvgIpc) is 2.46. The summed E-state index contributed by atoms with van der Waals surface area (Å²) in [5, 5.41) is 0. The van der Waals surface area contributed by atoms with Crippen molar-refractivity contribution in [3.8, 4) is 0 Å². The molecule has 0 amide bonds. The number of hydrogen-bond donors (Lipinski definition) is 1. The van der Waals surface area contributed by atoms with Crippen LogP contribution in [0.25, 0.3) is 0 Å². The van der Waals surface area contributed by atoms with Crippen molar-refractivity contribution < 1.29 is 17.2 Å². The van der Waals surface area contributed by atoms with E-state index >= 15 is 0 Å². The van der Waals surface area contributed by atoms with Gasteiger partial charge in [-0.05, 0) is 18.6 Å². The van der Waals surface area contributed by atoms with E-state index in [1.54, 1.807) is 0 Å². The first kappa shape index (κ1) is 10.5. The molecule has 1 fully saturated rings. The summed E-state index contributed by atoms with van der Waals surface area (Å²) in [6, 6.07) is 2.70. The maximum Gasteiger partial charge on any atom is 0.212 e. The van der Waals surface area contributed by atoms with Crippen LogP contribution in [0.4, 0.5) is 8.78 Å². The van der Waals surface area contributed by atoms with Gasteiger partial charge >= 0.3 is 0 Å². The number of sulfonamides is 1. The van der Waals surface area contributed by atoms with E-state index in [1.807, 2.05) is 0 Å². The molecule has 1 aliphatic heterocycles. The minimum Gasteiger partial charge on any atom is -0.212 e. The highest BCUT2D eigenvalue weighted by atomic mass is 32.2. The third-order valence-corrected chi connectivity index (χ3v) is 3.76. The predicted octanol–water partition coefficient (Wildman–Crippen LogP) is 1.33. The molecule has 3 nitrogen and oxygen atoms in total. The first-order valence-corrected chi connectivity index (χ1v) is 6.09. The maximum absolute atomic E-state index is 13.3. The van der Waals surface area contributed by atoms with Crippen molar-refractivity contribution in [2.24, 2.45) is 0 Å². The Morgan fingerprint density at radius 1 is 1.27 bits per heavy atom. The lowest BCUT2D eigenvalue weighted by Crippen LogP contribution is -2.21. The fourth-order valence-electron chi connectivity index (χ4n) is 1.65. The molecule has 0 aliphatic carbocycles. The summed E-state index contributed by atoms with van der Waals surface area (Å²) in [7, 11) is -3.36. The smallest absolute Gasteiger partial charge is 0.212 e. The minimum absolute atomic E-state index is 0.0918. The maximum atomic E-state index is 13.3. The minimum atomic E-state index is -3.36. The molecule has 1 aromatic carbocycles. The summed E-state index contributed by atoms with van der Waals surface area (Å²) < 4.78 is 50.9. The highest BCUT2D eigenvalue weighted by molar-refractivity contribution is 7.89. The molecule has 82 valence electrons. The Morgan fingerprint density at radius 2 is 1.87 bits per heavy atom. The van der Waals surface area contributed by atoms with E-state index in [2.05, 4.69) is 4.72 Å². The van der Waals surface area contributed by atoms with Crippen molar-refractivity contribution in [1.82, 2.24) is 4.72 Å². The van der Waals surface area contributed by atoms with Gasteiger partial charge in [-0.2, -0.15) is 0 Å². The summed E-state index contributed by atoms with van der Waals surface area (Å²) >= 11 is 0. The van der Waals surface area contributed by atoms with E-state index in [9.17, 15) is 17.2 Å². The second-order valence-electron chi connectivity index (χ2n) is 3.41. The lowest BCUT2D eigenvalue weighted by Gasteiger charge is -2.10. The molecule has 2 rings (SSSR count). The van der Waals surface area contributed by atoms with Crippen LogP contribution in [-0.2, 0) is 10.0 Å². The zero-order chi connectivity index (χ0) is 11.1. The van der Waals surface area contributed by atoms with Gasteiger partial charge in [-0.15, -0.1) is 0 Å². The van der Waals surface area contributed by atoms with Gasteiger partial charge in [-0.3, -0.25) is 0 Å². The van der Waals surface area contributed by atoms with E-state index in [1.165, 1.54) is 6.07 Å². The molecule has 1 aliphatic rings. The third kappa shape index (κ3) is 2.00. The van der Waals surface area contributed by atoms with Crippen molar-refractivity contribution in [2.75, 3.05) is 5.75 Å². The lowest BCUT2D eigenvalue weighted by atomic mass is 10.0. The van der Waals surface area contributed by atoms with Gasteiger partial charge in [0, 0.05) is 5.56 Å². The topological polar surface area (TPSA) is 46.2 Å². The molecule has 1 atom stereocenters. The lowest BCUT2D eigenvalue weighted by molar-refractivity contribution is 0.514. The van der Waals surface area contributed by atoms with Crippen molar-refractivity contribution in [3.63, 3.8) is 0 Å². The van der Waals surface area contributed by atoms with Crippen molar-refractivity contribution in [3.05, 3.63) is 35.4 Å². The molecule has 15 heavy (non-hydrogen) atoms. The van der Waals surface area contributed by atoms with Crippen LogP contribution >= 0.6 is 0 Å². The molecule has 0 aromatic heterocycles. The molecule has 1 unspecified atom stereocenters. The fraction of sp³-hybridized carbons (Fsp3) is 0.333. The highest BCUT2D eigenvalue weighted by Crippen LogP contribution is 2.28. The normalized spacial score (nSPS) is 24.3. The number of hydrogen-bond acceptors (Lipinski definition) is 2. The van der Waals surface area contributed by atoms with Crippen LogP contribution in [0.2, 0.25) is 0 Å². The summed E-state index contributed by atoms with van der Waals surface area (Å²) in [4.78, 5) is 0. The van der Waals surface area contributed by atoms with Crippen molar-refractivity contribution in [1.29, 1.82) is 0 Å². The zero-order valence-corrected chi connectivity index (χ0v) is 8.52. The van der Waals surface area contributed by atoms with Crippen LogP contribution < -0.4 is 4.72 Å². The second-order valence-corrected chi connectivity index (χ2v) is 5.29. The molecular weight excluding hydrogens is 224 g/mol. The highest BCUT2D eigenvalue weighted by Gasteiger charge is 2.31. The van der Waals surface area contributed by atoms with Crippen molar-refractivity contribution in [2.45, 2.75) is 12.5 Å². The van der Waals surface area contributed by atoms with Gasteiger partial charge in [-0.25, -0.2) is 21.9 Å². The Hall–Kier alpha value is -1.01. The number of benzene rings is 1. The Balaban J connectivity index is 2.40. The van der Waals surface area contributed by atoms with Gasteiger partial charge in [0.25, 0.3) is 0 Å². The van der Waals surface area contributed by atoms with Gasteiger partial charge in [-0.1, -0.05) is 6.07 Å². The van der Waals surface area contributed by atoms with Gasteiger partial charge in [0.05, 0.1) is 11.8 Å². The summed E-state index contributed by atoms with van der Waals surface area (Å²) in [6.07, 6.45) is 0.195. The predicted molar refractivity (Wildman–Crippen MR) is 50.6 cm³/mol. The largest absolute Gasteiger partial charge is 0.212 e. The standard InChI is InChI=1S/C9H9F2NO2S/c10-6-2-1-3-7(11)9(6)8-4-5-15(13,14)12-8/h1-3,8,12H,4-5H2. The van der Waals surface area contributed by atoms with Gasteiger partial charge in [0.2, 0.25) is 10.0 Å². The third-order valence-electron chi connectivity index (χ3n) is 2.35. The molecule has 0 bridgehead atoms. The van der Waals surface area contributed by atoms with Crippen LogP contribution in [0.5, 0.6) is 0 Å². The van der Waals surface area contributed by atoms with Gasteiger partial charge < -0.3 is 0 Å². The Kier molecular flexibility index (Phi) is 2.47. The summed E-state index contributed by atoms with van der Waals surface area (Å²) in [5.41, 5.74) is -0.196. The first-order valence-electron chi connectivity index (χ1n) is 4.43. The molecular formula is C9H9F2NO2S. The number of rotatable bonds is 1. The van der Waals surface area contributed by atoms with Crippen LogP contribution in [0, 0.1) is 11.6 Å². The quantitative estimate of drug-likeness (QED) is 0.795. The Labute approximate surface area is 86.2 Å². The molecule has 0 spiro atoms. The monoisotopic (exact) mass is 233 g/mol. The van der Waals surface area contributed by atoms with E-state index in [4.69, 9.17) is 0 Å². The van der Waals surface area contributed by atoms with Crippen LogP contribution in [0.15, 0.2) is 18.2 Å². The van der Waals surface area contributed by atoms with E-state index < -0.39 is 27.7 Å². The van der Waals surface area contributed by atoms with E-state index in [0.29, 0.717) is 0 Å². The zero-order valence-electron chi connectivity index (χ0n) is 7.70. The number of nitrogens with one attached hydrogen (secondary N) is 1. The fourth-order valence-corrected chi connectivity index (χ4v) is 2.99. The molecule has 6 heteroatoms. The summed E-state index contributed by atoms with van der Waals surface area (Å²) in [6.45, 7) is 0. The van der Waals surface area contributed by atoms with Gasteiger partial charge in [0.1, 0.15) is 11.6 Å². The number of halogens is 2. The van der Waals surface area contributed by atoms with Crippen LogP contribution in [-0.4, -0.2) is 14.2 Å². The van der Waals surface area contributed by atoms with Crippen molar-refractivity contribution >= 4 is 10.0 Å². The summed E-state index contributed by atoms with van der Waals surface area (Å²) in [5.74, 6) is -1.53. The van der Waals surface area contributed by atoms with Crippen LogP contribution in [0.1, 0.15) is 18.0 Å². The Bertz CT molecular complexity index is 467. The SMILES string of the molecule is O=S1(=O)CCC(c2c(F)cccc2F)N1. The first-order chi connectivity index (χ1) is 6.99.